The Bertz CT molecular complexity index is 606. The highest BCUT2D eigenvalue weighted by Crippen LogP contribution is 2.21. The van der Waals surface area contributed by atoms with Gasteiger partial charge in [-0.15, -0.1) is 0 Å². The summed E-state index contributed by atoms with van der Waals surface area (Å²) in [5.41, 5.74) is -0.724. The van der Waals surface area contributed by atoms with Gasteiger partial charge in [0, 0.05) is 7.05 Å². The molecule has 1 aromatic heterocycles. The number of aryl methyl sites for hydroxylation is 2. The second-order valence-electron chi connectivity index (χ2n) is 4.72. The van der Waals surface area contributed by atoms with Gasteiger partial charge < -0.3 is 5.11 Å². The minimum Gasteiger partial charge on any atom is -0.480 e. The lowest BCUT2D eigenvalue weighted by atomic mass is 10.0. The second kappa shape index (κ2) is 4.93. The summed E-state index contributed by atoms with van der Waals surface area (Å²) in [4.78, 5) is 11.2. The molecule has 0 radical (unpaired) electrons. The van der Waals surface area contributed by atoms with Crippen molar-refractivity contribution in [2.75, 3.05) is 0 Å². The van der Waals surface area contributed by atoms with Crippen LogP contribution in [0.5, 0.6) is 0 Å². The van der Waals surface area contributed by atoms with Crippen LogP contribution in [-0.4, -0.2) is 34.8 Å². The maximum Gasteiger partial charge on any atom is 0.324 e. The highest BCUT2D eigenvalue weighted by molar-refractivity contribution is 7.89. The van der Waals surface area contributed by atoms with Crippen LogP contribution in [0.2, 0.25) is 0 Å². The van der Waals surface area contributed by atoms with Gasteiger partial charge in [-0.1, -0.05) is 6.92 Å². The Morgan fingerprint density at radius 2 is 2.00 bits per heavy atom. The van der Waals surface area contributed by atoms with Gasteiger partial charge in [0.05, 0.1) is 11.4 Å². The van der Waals surface area contributed by atoms with Crippen molar-refractivity contribution in [2.45, 2.75) is 44.6 Å². The highest BCUT2D eigenvalue weighted by atomic mass is 32.2. The molecule has 0 amide bonds. The minimum atomic E-state index is -3.93. The number of hydrogen-bond acceptors (Lipinski definition) is 4. The molecule has 2 N–H and O–H groups in total. The molecule has 1 unspecified atom stereocenters. The van der Waals surface area contributed by atoms with Crippen molar-refractivity contribution in [2.24, 2.45) is 7.05 Å². The molecule has 0 bridgehead atoms. The van der Waals surface area contributed by atoms with Crippen molar-refractivity contribution >= 4 is 16.0 Å². The zero-order valence-electron chi connectivity index (χ0n) is 11.7. The molecule has 1 rings (SSSR count). The Morgan fingerprint density at radius 1 is 1.47 bits per heavy atom. The minimum absolute atomic E-state index is 0.0379. The van der Waals surface area contributed by atoms with Crippen molar-refractivity contribution in [3.63, 3.8) is 0 Å². The highest BCUT2D eigenvalue weighted by Gasteiger charge is 2.38. The Morgan fingerprint density at radius 3 is 2.32 bits per heavy atom. The average Bonchev–Trinajstić information content (AvgIpc) is 2.52. The normalized spacial score (nSPS) is 15.2. The molecule has 0 saturated carbocycles. The van der Waals surface area contributed by atoms with Crippen LogP contribution in [0.3, 0.4) is 0 Å². The number of carbonyl (C=O) groups is 1. The molecule has 1 aromatic rings. The van der Waals surface area contributed by atoms with Crippen LogP contribution in [0.25, 0.3) is 0 Å². The van der Waals surface area contributed by atoms with Gasteiger partial charge in [-0.05, 0) is 27.2 Å². The van der Waals surface area contributed by atoms with Gasteiger partial charge in [0.15, 0.2) is 0 Å². The smallest absolute Gasteiger partial charge is 0.324 e. The SMILES string of the molecule is CCC(C)(NS(=O)(=O)c1c(C)nn(C)c1C)C(=O)O. The number of sulfonamides is 1. The summed E-state index contributed by atoms with van der Waals surface area (Å²) in [7, 11) is -2.29. The molecule has 19 heavy (non-hydrogen) atoms. The summed E-state index contributed by atoms with van der Waals surface area (Å²) >= 11 is 0. The van der Waals surface area contributed by atoms with E-state index in [1.807, 2.05) is 0 Å². The Kier molecular flexibility index (Phi) is 4.06. The fraction of sp³-hybridized carbons (Fsp3) is 0.636. The predicted octanol–water partition coefficient (Wildman–Crippen LogP) is 0.569. The summed E-state index contributed by atoms with van der Waals surface area (Å²) in [6.45, 7) is 6.15. The number of carboxylic acid groups (broad SMARTS) is 1. The average molecular weight is 289 g/mol. The van der Waals surface area contributed by atoms with E-state index in [1.54, 1.807) is 27.8 Å². The summed E-state index contributed by atoms with van der Waals surface area (Å²) < 4.78 is 28.4. The maximum absolute atomic E-state index is 12.3. The number of carboxylic acids is 1. The van der Waals surface area contributed by atoms with E-state index in [0.717, 1.165) is 0 Å². The molecule has 0 spiro atoms. The molecule has 0 fully saturated rings. The Hall–Kier alpha value is -1.41. The largest absolute Gasteiger partial charge is 0.480 e. The van der Waals surface area contributed by atoms with Crippen molar-refractivity contribution in [1.29, 1.82) is 0 Å². The van der Waals surface area contributed by atoms with Gasteiger partial charge in [0.2, 0.25) is 10.0 Å². The van der Waals surface area contributed by atoms with E-state index in [0.29, 0.717) is 11.4 Å². The van der Waals surface area contributed by atoms with E-state index in [-0.39, 0.29) is 11.3 Å². The topological polar surface area (TPSA) is 101 Å². The van der Waals surface area contributed by atoms with E-state index in [1.165, 1.54) is 11.6 Å². The van der Waals surface area contributed by atoms with Crippen molar-refractivity contribution in [3.8, 4) is 0 Å². The molecule has 0 aliphatic rings. The van der Waals surface area contributed by atoms with Crippen molar-refractivity contribution in [3.05, 3.63) is 11.4 Å². The maximum atomic E-state index is 12.3. The molecule has 7 nitrogen and oxygen atoms in total. The van der Waals surface area contributed by atoms with E-state index in [9.17, 15) is 13.2 Å². The molecule has 8 heteroatoms. The van der Waals surface area contributed by atoms with Gasteiger partial charge in [0.25, 0.3) is 0 Å². The first-order valence-electron chi connectivity index (χ1n) is 5.82. The van der Waals surface area contributed by atoms with Crippen molar-refractivity contribution in [1.82, 2.24) is 14.5 Å². The summed E-state index contributed by atoms with van der Waals surface area (Å²) in [6, 6.07) is 0. The van der Waals surface area contributed by atoms with Gasteiger partial charge in [-0.2, -0.15) is 9.82 Å². The molecule has 0 saturated heterocycles. The van der Waals surface area contributed by atoms with E-state index >= 15 is 0 Å². The fourth-order valence-electron chi connectivity index (χ4n) is 1.76. The molecule has 1 heterocycles. The third-order valence-corrected chi connectivity index (χ3v) is 5.10. The van der Waals surface area contributed by atoms with Crippen LogP contribution in [0.15, 0.2) is 4.90 Å². The molecular formula is C11H19N3O4S. The zero-order chi connectivity index (χ0) is 15.0. The number of nitrogens with one attached hydrogen (secondary N) is 1. The lowest BCUT2D eigenvalue weighted by Crippen LogP contribution is -2.51. The van der Waals surface area contributed by atoms with Gasteiger partial charge in [0.1, 0.15) is 10.4 Å². The summed E-state index contributed by atoms with van der Waals surface area (Å²) in [5.74, 6) is -1.21. The van der Waals surface area contributed by atoms with Crippen LogP contribution in [0.1, 0.15) is 31.7 Å². The first-order chi connectivity index (χ1) is 8.55. The van der Waals surface area contributed by atoms with E-state index in [4.69, 9.17) is 5.11 Å². The van der Waals surface area contributed by atoms with Crippen LogP contribution < -0.4 is 4.72 Å². The van der Waals surface area contributed by atoms with E-state index in [2.05, 4.69) is 9.82 Å². The zero-order valence-corrected chi connectivity index (χ0v) is 12.5. The first-order valence-corrected chi connectivity index (χ1v) is 7.31. The molecule has 0 aliphatic carbocycles. The molecule has 0 aromatic carbocycles. The monoisotopic (exact) mass is 289 g/mol. The lowest BCUT2D eigenvalue weighted by molar-refractivity contribution is -0.143. The summed E-state index contributed by atoms with van der Waals surface area (Å²) in [5, 5.41) is 13.2. The number of nitrogens with zero attached hydrogens (tertiary/aromatic N) is 2. The Labute approximate surface area is 112 Å². The second-order valence-corrected chi connectivity index (χ2v) is 6.34. The van der Waals surface area contributed by atoms with Crippen LogP contribution in [0.4, 0.5) is 0 Å². The van der Waals surface area contributed by atoms with Gasteiger partial charge >= 0.3 is 5.97 Å². The quantitative estimate of drug-likeness (QED) is 0.825. The third-order valence-electron chi connectivity index (χ3n) is 3.25. The van der Waals surface area contributed by atoms with Crippen LogP contribution in [-0.2, 0) is 21.9 Å². The standard InChI is InChI=1S/C11H19N3O4S/c1-6-11(4,10(15)16)13-19(17,18)9-7(2)12-14(5)8(9)3/h13H,6H2,1-5H3,(H,15,16). The van der Waals surface area contributed by atoms with Gasteiger partial charge in [-0.3, -0.25) is 9.48 Å². The molecular weight excluding hydrogens is 270 g/mol. The molecule has 108 valence electrons. The van der Waals surface area contributed by atoms with Gasteiger partial charge in [-0.25, -0.2) is 8.42 Å². The van der Waals surface area contributed by atoms with Crippen molar-refractivity contribution < 1.29 is 18.3 Å². The first kappa shape index (κ1) is 15.6. The fourth-order valence-corrected chi connectivity index (χ4v) is 3.64. The Balaban J connectivity index is 3.30. The lowest BCUT2D eigenvalue weighted by Gasteiger charge is -2.24. The predicted molar refractivity (Wildman–Crippen MR) is 69.3 cm³/mol. The molecule has 0 aliphatic heterocycles. The summed E-state index contributed by atoms with van der Waals surface area (Å²) in [6.07, 6.45) is 0.139. The number of hydrogen-bond donors (Lipinski definition) is 2. The van der Waals surface area contributed by atoms with E-state index < -0.39 is 21.5 Å². The molecule has 1 atom stereocenters. The number of aromatic nitrogens is 2. The van der Waals surface area contributed by atoms with Crippen LogP contribution in [0, 0.1) is 13.8 Å². The third kappa shape index (κ3) is 2.79. The number of aliphatic carboxylic acids is 1. The van der Waals surface area contributed by atoms with Crippen LogP contribution >= 0.6 is 0 Å². The number of rotatable bonds is 5.